The van der Waals surface area contributed by atoms with Gasteiger partial charge in [-0.05, 0) is 37.1 Å². The van der Waals surface area contributed by atoms with Gasteiger partial charge in [0, 0.05) is 25.0 Å². The van der Waals surface area contributed by atoms with Gasteiger partial charge in [-0.2, -0.15) is 0 Å². The first kappa shape index (κ1) is 21.5. The van der Waals surface area contributed by atoms with Crippen LogP contribution in [0, 0.1) is 12.7 Å². The number of nitrogens with one attached hydrogen (secondary N) is 2. The Balaban J connectivity index is 1.66. The molecule has 1 aromatic carbocycles. The average Bonchev–Trinajstić information content (AvgIpc) is 2.71. The van der Waals surface area contributed by atoms with Crippen LogP contribution < -0.4 is 15.6 Å². The molecule has 0 aliphatic heterocycles. The number of sulfonamides is 1. The van der Waals surface area contributed by atoms with Crippen molar-refractivity contribution in [1.82, 2.24) is 9.55 Å². The third-order valence-electron chi connectivity index (χ3n) is 4.50. The Morgan fingerprint density at radius 3 is 2.57 bits per heavy atom. The van der Waals surface area contributed by atoms with Gasteiger partial charge in [-0.25, -0.2) is 12.8 Å². The molecule has 2 N–H and O–H groups in total. The molecule has 7 nitrogen and oxygen atoms in total. The van der Waals surface area contributed by atoms with Crippen LogP contribution in [0.25, 0.3) is 0 Å². The molecule has 0 radical (unpaired) electrons. The number of benzene rings is 1. The van der Waals surface area contributed by atoms with E-state index in [0.717, 1.165) is 6.20 Å². The second-order valence-corrected chi connectivity index (χ2v) is 8.55. The Bertz CT molecular complexity index is 1160. The molecule has 0 atom stereocenters. The Morgan fingerprint density at radius 2 is 1.83 bits per heavy atom. The maximum absolute atomic E-state index is 13.6. The lowest BCUT2D eigenvalue weighted by atomic mass is 10.2. The molecule has 9 heteroatoms. The van der Waals surface area contributed by atoms with Gasteiger partial charge in [0.1, 0.15) is 5.69 Å². The largest absolute Gasteiger partial charge is 0.383 e. The molecule has 0 unspecified atom stereocenters. The van der Waals surface area contributed by atoms with Gasteiger partial charge in [0.15, 0.2) is 5.82 Å². The number of aromatic nitrogens is 2. The summed E-state index contributed by atoms with van der Waals surface area (Å²) in [6.45, 7) is 2.58. The second-order valence-electron chi connectivity index (χ2n) is 6.83. The van der Waals surface area contributed by atoms with Crippen LogP contribution in [0.5, 0.6) is 0 Å². The number of halogens is 1. The lowest BCUT2D eigenvalue weighted by Crippen LogP contribution is -2.28. The molecule has 0 bridgehead atoms. The van der Waals surface area contributed by atoms with Crippen molar-refractivity contribution in [1.29, 1.82) is 0 Å². The Hall–Kier alpha value is -3.20. The molecular weight excluding hydrogens is 407 g/mol. The SMILES string of the molecule is Cc1ccc(NS(=O)(=O)Cc2ccccc2)c(=O)n1CCCNc1ccncc1F. The quantitative estimate of drug-likeness (QED) is 0.509. The first-order valence-corrected chi connectivity index (χ1v) is 11.1. The molecule has 3 rings (SSSR count). The van der Waals surface area contributed by atoms with E-state index in [-0.39, 0.29) is 11.4 Å². The van der Waals surface area contributed by atoms with Crippen molar-refractivity contribution in [3.63, 3.8) is 0 Å². The third kappa shape index (κ3) is 5.66. The Labute approximate surface area is 174 Å². The van der Waals surface area contributed by atoms with E-state index in [1.807, 2.05) is 0 Å². The van der Waals surface area contributed by atoms with Crippen LogP contribution in [0.2, 0.25) is 0 Å². The lowest BCUT2D eigenvalue weighted by molar-refractivity contribution is 0.599. The van der Waals surface area contributed by atoms with Gasteiger partial charge in [0.25, 0.3) is 5.56 Å². The molecular formula is C21H23FN4O3S. The number of aryl methyl sites for hydroxylation is 1. The number of anilines is 2. The van der Waals surface area contributed by atoms with E-state index < -0.39 is 21.4 Å². The van der Waals surface area contributed by atoms with E-state index in [4.69, 9.17) is 0 Å². The smallest absolute Gasteiger partial charge is 0.275 e. The van der Waals surface area contributed by atoms with E-state index in [9.17, 15) is 17.6 Å². The summed E-state index contributed by atoms with van der Waals surface area (Å²) >= 11 is 0. The van der Waals surface area contributed by atoms with Gasteiger partial charge >= 0.3 is 0 Å². The fourth-order valence-corrected chi connectivity index (χ4v) is 4.20. The summed E-state index contributed by atoms with van der Waals surface area (Å²) in [7, 11) is -3.73. The summed E-state index contributed by atoms with van der Waals surface area (Å²) in [6, 6.07) is 13.5. The predicted molar refractivity (Wildman–Crippen MR) is 115 cm³/mol. The standard InChI is InChI=1S/C21H23FN4O3S/c1-16-8-9-20(25-30(28,29)15-17-6-3-2-4-7-17)21(27)26(16)13-5-11-24-19-10-12-23-14-18(19)22/h2-4,6-10,12,14,25H,5,11,13,15H2,1H3,(H,23,24). The van der Waals surface area contributed by atoms with Crippen LogP contribution >= 0.6 is 0 Å². The zero-order valence-electron chi connectivity index (χ0n) is 16.5. The first-order valence-electron chi connectivity index (χ1n) is 9.44. The van der Waals surface area contributed by atoms with Crippen molar-refractivity contribution in [3.05, 3.63) is 88.4 Å². The van der Waals surface area contributed by atoms with Crippen molar-refractivity contribution in [2.75, 3.05) is 16.6 Å². The molecule has 3 aromatic rings. The fraction of sp³-hybridized carbons (Fsp3) is 0.238. The summed E-state index contributed by atoms with van der Waals surface area (Å²) in [5.41, 5.74) is 1.27. The minimum absolute atomic E-state index is 0.00432. The minimum Gasteiger partial charge on any atom is -0.383 e. The predicted octanol–water partition coefficient (Wildman–Crippen LogP) is 3.13. The lowest BCUT2D eigenvalue weighted by Gasteiger charge is -2.14. The Morgan fingerprint density at radius 1 is 1.07 bits per heavy atom. The van der Waals surface area contributed by atoms with E-state index in [1.54, 1.807) is 43.3 Å². The number of pyridine rings is 2. The number of rotatable bonds is 9. The number of hydrogen-bond donors (Lipinski definition) is 2. The maximum atomic E-state index is 13.6. The molecule has 0 aliphatic carbocycles. The molecule has 0 saturated heterocycles. The van der Waals surface area contributed by atoms with Crippen molar-refractivity contribution in [2.24, 2.45) is 0 Å². The average molecular weight is 431 g/mol. The van der Waals surface area contributed by atoms with Crippen LogP contribution in [0.15, 0.2) is 65.7 Å². The summed E-state index contributed by atoms with van der Waals surface area (Å²) in [6.07, 6.45) is 3.16. The third-order valence-corrected chi connectivity index (χ3v) is 5.75. The Kier molecular flexibility index (Phi) is 6.83. The molecule has 158 valence electrons. The van der Waals surface area contributed by atoms with Crippen molar-refractivity contribution >= 4 is 21.4 Å². The molecule has 0 aliphatic rings. The maximum Gasteiger partial charge on any atom is 0.275 e. The van der Waals surface area contributed by atoms with Crippen molar-refractivity contribution < 1.29 is 12.8 Å². The molecule has 0 fully saturated rings. The molecule has 30 heavy (non-hydrogen) atoms. The minimum atomic E-state index is -3.73. The van der Waals surface area contributed by atoms with Gasteiger partial charge in [0.2, 0.25) is 10.0 Å². The molecule has 2 heterocycles. The highest BCUT2D eigenvalue weighted by Gasteiger charge is 2.15. The fourth-order valence-electron chi connectivity index (χ4n) is 3.00. The zero-order chi connectivity index (χ0) is 21.6. The zero-order valence-corrected chi connectivity index (χ0v) is 17.3. The number of hydrogen-bond acceptors (Lipinski definition) is 5. The molecule has 2 aromatic heterocycles. The van der Waals surface area contributed by atoms with Gasteiger partial charge in [-0.1, -0.05) is 30.3 Å². The molecule has 0 saturated carbocycles. The van der Waals surface area contributed by atoms with E-state index in [2.05, 4.69) is 15.0 Å². The molecule has 0 amide bonds. The highest BCUT2D eigenvalue weighted by Crippen LogP contribution is 2.12. The van der Waals surface area contributed by atoms with Gasteiger partial charge < -0.3 is 9.88 Å². The topological polar surface area (TPSA) is 93.1 Å². The van der Waals surface area contributed by atoms with Crippen LogP contribution in [0.4, 0.5) is 15.8 Å². The summed E-state index contributed by atoms with van der Waals surface area (Å²) < 4.78 is 42.4. The van der Waals surface area contributed by atoms with Gasteiger partial charge in [-0.15, -0.1) is 0 Å². The summed E-state index contributed by atoms with van der Waals surface area (Å²) in [5, 5.41) is 2.96. The van der Waals surface area contributed by atoms with Crippen LogP contribution in [0.3, 0.4) is 0 Å². The van der Waals surface area contributed by atoms with Gasteiger partial charge in [0.05, 0.1) is 17.6 Å². The summed E-state index contributed by atoms with van der Waals surface area (Å²) in [5.74, 6) is -0.663. The van der Waals surface area contributed by atoms with E-state index in [1.165, 1.54) is 22.9 Å². The first-order chi connectivity index (χ1) is 14.4. The highest BCUT2D eigenvalue weighted by molar-refractivity contribution is 7.91. The van der Waals surface area contributed by atoms with E-state index >= 15 is 0 Å². The highest BCUT2D eigenvalue weighted by atomic mass is 32.2. The second kappa shape index (κ2) is 9.53. The summed E-state index contributed by atoms with van der Waals surface area (Å²) in [4.78, 5) is 16.5. The van der Waals surface area contributed by atoms with E-state index in [0.29, 0.717) is 36.5 Å². The molecule has 0 spiro atoms. The number of nitrogens with zero attached hydrogens (tertiary/aromatic N) is 2. The van der Waals surface area contributed by atoms with Gasteiger partial charge in [-0.3, -0.25) is 14.5 Å². The van der Waals surface area contributed by atoms with Crippen LogP contribution in [-0.2, 0) is 22.3 Å². The van der Waals surface area contributed by atoms with Crippen molar-refractivity contribution in [2.45, 2.75) is 25.6 Å². The normalized spacial score (nSPS) is 11.3. The van der Waals surface area contributed by atoms with Crippen molar-refractivity contribution in [3.8, 4) is 0 Å². The van der Waals surface area contributed by atoms with Crippen LogP contribution in [-0.4, -0.2) is 24.5 Å². The monoisotopic (exact) mass is 430 g/mol. The van der Waals surface area contributed by atoms with Crippen LogP contribution in [0.1, 0.15) is 17.7 Å².